The molecule has 0 spiro atoms. The van der Waals surface area contributed by atoms with E-state index in [2.05, 4.69) is 51.9 Å². The Labute approximate surface area is 136 Å². The number of aromatic nitrogens is 1. The number of rotatable bonds is 4. The first-order chi connectivity index (χ1) is 10.2. The number of pyridine rings is 1. The van der Waals surface area contributed by atoms with Crippen LogP contribution in [0.1, 0.15) is 22.2 Å². The van der Waals surface area contributed by atoms with E-state index in [1.807, 2.05) is 18.2 Å². The van der Waals surface area contributed by atoms with E-state index in [0.717, 1.165) is 22.1 Å². The molecule has 0 saturated carbocycles. The smallest absolute Gasteiger partial charge is 0.0708 e. The first-order valence-corrected chi connectivity index (χ1v) is 8.40. The lowest BCUT2D eigenvalue weighted by molar-refractivity contribution is 0.542. The van der Waals surface area contributed by atoms with Crippen molar-refractivity contribution in [3.05, 3.63) is 62.4 Å². The van der Waals surface area contributed by atoms with Crippen LogP contribution in [0.25, 0.3) is 10.9 Å². The van der Waals surface area contributed by atoms with Crippen molar-refractivity contribution in [2.75, 3.05) is 0 Å². The molecule has 0 amide bonds. The summed E-state index contributed by atoms with van der Waals surface area (Å²) in [6.45, 7) is 2.11. The molecule has 2 aromatic heterocycles. The molecule has 0 aliphatic rings. The SMILES string of the molecule is Cc1cc(C(Cc2sccc2Br)NN)nc2ccccc12. The second-order valence-electron chi connectivity index (χ2n) is 5.00. The Morgan fingerprint density at radius 2 is 2.14 bits per heavy atom. The van der Waals surface area contributed by atoms with Crippen LogP contribution in [0.15, 0.2) is 46.3 Å². The fraction of sp³-hybridized carbons (Fsp3) is 0.188. The van der Waals surface area contributed by atoms with Gasteiger partial charge in [0.1, 0.15) is 0 Å². The van der Waals surface area contributed by atoms with Gasteiger partial charge in [0.15, 0.2) is 0 Å². The van der Waals surface area contributed by atoms with Crippen LogP contribution >= 0.6 is 27.3 Å². The van der Waals surface area contributed by atoms with Gasteiger partial charge in [-0.05, 0) is 52.0 Å². The molecule has 0 aliphatic carbocycles. The first-order valence-electron chi connectivity index (χ1n) is 6.73. The number of nitrogens with one attached hydrogen (secondary N) is 1. The van der Waals surface area contributed by atoms with Gasteiger partial charge in [-0.15, -0.1) is 11.3 Å². The molecule has 3 aromatic rings. The van der Waals surface area contributed by atoms with E-state index >= 15 is 0 Å². The molecule has 1 unspecified atom stereocenters. The fourth-order valence-corrected chi connectivity index (χ4v) is 4.02. The van der Waals surface area contributed by atoms with E-state index in [9.17, 15) is 0 Å². The number of thiophene rings is 1. The summed E-state index contributed by atoms with van der Waals surface area (Å²) in [5, 5.41) is 3.26. The van der Waals surface area contributed by atoms with Gasteiger partial charge < -0.3 is 0 Å². The molecule has 0 radical (unpaired) electrons. The number of aryl methyl sites for hydroxylation is 1. The second-order valence-corrected chi connectivity index (χ2v) is 6.85. The molecule has 21 heavy (non-hydrogen) atoms. The predicted octanol–water partition coefficient (Wildman–Crippen LogP) is 4.11. The van der Waals surface area contributed by atoms with Crippen LogP contribution in [0.2, 0.25) is 0 Å². The first kappa shape index (κ1) is 14.7. The Morgan fingerprint density at radius 3 is 2.86 bits per heavy atom. The molecule has 1 aromatic carbocycles. The summed E-state index contributed by atoms with van der Waals surface area (Å²) in [6, 6.07) is 12.4. The summed E-state index contributed by atoms with van der Waals surface area (Å²) in [5.74, 6) is 5.76. The zero-order valence-electron chi connectivity index (χ0n) is 11.6. The van der Waals surface area contributed by atoms with Gasteiger partial charge in [0.2, 0.25) is 0 Å². The van der Waals surface area contributed by atoms with E-state index in [-0.39, 0.29) is 6.04 Å². The third-order valence-electron chi connectivity index (χ3n) is 3.58. The number of benzene rings is 1. The molecule has 0 bridgehead atoms. The maximum absolute atomic E-state index is 5.76. The number of hydrazine groups is 1. The highest BCUT2D eigenvalue weighted by Crippen LogP contribution is 2.28. The van der Waals surface area contributed by atoms with Crippen molar-refractivity contribution >= 4 is 38.2 Å². The molecule has 1 atom stereocenters. The minimum Gasteiger partial charge on any atom is -0.271 e. The zero-order chi connectivity index (χ0) is 14.8. The summed E-state index contributed by atoms with van der Waals surface area (Å²) in [6.07, 6.45) is 0.819. The summed E-state index contributed by atoms with van der Waals surface area (Å²) in [4.78, 5) is 6.03. The lowest BCUT2D eigenvalue weighted by Gasteiger charge is -2.16. The summed E-state index contributed by atoms with van der Waals surface area (Å²) in [5.41, 5.74) is 6.11. The molecule has 0 fully saturated rings. The maximum atomic E-state index is 5.76. The van der Waals surface area contributed by atoms with Crippen molar-refractivity contribution in [1.82, 2.24) is 10.4 Å². The molecule has 3 nitrogen and oxygen atoms in total. The molecule has 5 heteroatoms. The molecular weight excluding hydrogens is 346 g/mol. The quantitative estimate of drug-likeness (QED) is 0.542. The van der Waals surface area contributed by atoms with Crippen molar-refractivity contribution < 1.29 is 0 Å². The Balaban J connectivity index is 1.99. The summed E-state index contributed by atoms with van der Waals surface area (Å²) >= 11 is 5.30. The molecule has 108 valence electrons. The van der Waals surface area contributed by atoms with Crippen LogP contribution in [0.5, 0.6) is 0 Å². The van der Waals surface area contributed by atoms with Gasteiger partial charge in [-0.1, -0.05) is 18.2 Å². The van der Waals surface area contributed by atoms with Crippen molar-refractivity contribution in [1.29, 1.82) is 0 Å². The number of nitrogens with zero attached hydrogens (tertiary/aromatic N) is 1. The Hall–Kier alpha value is -1.27. The topological polar surface area (TPSA) is 50.9 Å². The highest BCUT2D eigenvalue weighted by molar-refractivity contribution is 9.10. The van der Waals surface area contributed by atoms with E-state index in [1.54, 1.807) is 11.3 Å². The maximum Gasteiger partial charge on any atom is 0.0708 e. The molecule has 2 heterocycles. The predicted molar refractivity (Wildman–Crippen MR) is 92.3 cm³/mol. The monoisotopic (exact) mass is 361 g/mol. The minimum absolute atomic E-state index is 0.00301. The number of nitrogens with two attached hydrogens (primary N) is 1. The van der Waals surface area contributed by atoms with Crippen molar-refractivity contribution in [3.63, 3.8) is 0 Å². The normalized spacial score (nSPS) is 12.7. The van der Waals surface area contributed by atoms with E-state index in [1.165, 1.54) is 15.8 Å². The van der Waals surface area contributed by atoms with Gasteiger partial charge in [-0.2, -0.15) is 0 Å². The Kier molecular flexibility index (Phi) is 4.35. The van der Waals surface area contributed by atoms with Gasteiger partial charge >= 0.3 is 0 Å². The number of hydrogen-bond acceptors (Lipinski definition) is 4. The van der Waals surface area contributed by atoms with Crippen LogP contribution in [0.4, 0.5) is 0 Å². The largest absolute Gasteiger partial charge is 0.271 e. The van der Waals surface area contributed by atoms with Crippen LogP contribution in [-0.2, 0) is 6.42 Å². The zero-order valence-corrected chi connectivity index (χ0v) is 14.0. The number of hydrogen-bond donors (Lipinski definition) is 2. The van der Waals surface area contributed by atoms with Gasteiger partial charge in [-0.3, -0.25) is 16.3 Å². The lowest BCUT2D eigenvalue weighted by Crippen LogP contribution is -2.30. The number of para-hydroxylation sites is 1. The average molecular weight is 362 g/mol. The molecular formula is C16H16BrN3S. The van der Waals surface area contributed by atoms with Gasteiger partial charge in [-0.25, -0.2) is 0 Å². The number of halogens is 1. The second kappa shape index (κ2) is 6.23. The molecule has 0 saturated heterocycles. The standard InChI is InChI=1S/C16H16BrN3S/c1-10-8-14(19-13-5-3-2-4-11(10)13)15(20-18)9-16-12(17)6-7-21-16/h2-8,15,20H,9,18H2,1H3. The van der Waals surface area contributed by atoms with Crippen LogP contribution in [0, 0.1) is 6.92 Å². The van der Waals surface area contributed by atoms with E-state index < -0.39 is 0 Å². The van der Waals surface area contributed by atoms with Crippen LogP contribution in [-0.4, -0.2) is 4.98 Å². The van der Waals surface area contributed by atoms with Crippen LogP contribution in [0.3, 0.4) is 0 Å². The third kappa shape index (κ3) is 3.01. The molecule has 3 rings (SSSR count). The lowest BCUT2D eigenvalue weighted by atomic mass is 10.0. The Morgan fingerprint density at radius 1 is 1.33 bits per heavy atom. The third-order valence-corrected chi connectivity index (χ3v) is 5.53. The minimum atomic E-state index is 0.00301. The summed E-state index contributed by atoms with van der Waals surface area (Å²) < 4.78 is 1.13. The fourth-order valence-electron chi connectivity index (χ4n) is 2.46. The highest BCUT2D eigenvalue weighted by Gasteiger charge is 2.16. The number of fused-ring (bicyclic) bond motifs is 1. The average Bonchev–Trinajstić information content (AvgIpc) is 2.90. The van der Waals surface area contributed by atoms with Crippen LogP contribution < -0.4 is 11.3 Å². The Bertz CT molecular complexity index is 769. The van der Waals surface area contributed by atoms with Crippen molar-refractivity contribution in [2.24, 2.45) is 5.84 Å². The molecule has 0 aliphatic heterocycles. The van der Waals surface area contributed by atoms with E-state index in [4.69, 9.17) is 10.8 Å². The van der Waals surface area contributed by atoms with E-state index in [0.29, 0.717) is 0 Å². The molecule has 3 N–H and O–H groups in total. The van der Waals surface area contributed by atoms with Crippen molar-refractivity contribution in [3.8, 4) is 0 Å². The highest BCUT2D eigenvalue weighted by atomic mass is 79.9. The van der Waals surface area contributed by atoms with Crippen molar-refractivity contribution in [2.45, 2.75) is 19.4 Å². The summed E-state index contributed by atoms with van der Waals surface area (Å²) in [7, 11) is 0. The van der Waals surface area contributed by atoms with Gasteiger partial charge in [0.25, 0.3) is 0 Å². The van der Waals surface area contributed by atoms with Gasteiger partial charge in [0.05, 0.1) is 17.3 Å². The van der Waals surface area contributed by atoms with Gasteiger partial charge in [0, 0.05) is 21.2 Å².